The summed E-state index contributed by atoms with van der Waals surface area (Å²) in [6.45, 7) is 4.45. The van der Waals surface area contributed by atoms with Crippen molar-refractivity contribution in [2.75, 3.05) is 13.1 Å². The van der Waals surface area contributed by atoms with Crippen LogP contribution in [0.1, 0.15) is 31.7 Å². The van der Waals surface area contributed by atoms with Crippen molar-refractivity contribution in [2.45, 2.75) is 32.2 Å². The van der Waals surface area contributed by atoms with Crippen molar-refractivity contribution < 1.29 is 9.82 Å². The number of nitro benzene ring substituents is 1. The molecular formula is C15H21N2O2+. The van der Waals surface area contributed by atoms with Crippen LogP contribution in [-0.2, 0) is 0 Å². The van der Waals surface area contributed by atoms with E-state index in [0.29, 0.717) is 11.6 Å². The number of hydrogen-bond acceptors (Lipinski definition) is 2. The highest BCUT2D eigenvalue weighted by atomic mass is 16.6. The second-order valence-corrected chi connectivity index (χ2v) is 5.23. The fourth-order valence-electron chi connectivity index (χ4n) is 2.69. The first kappa shape index (κ1) is 13.7. The zero-order valence-electron chi connectivity index (χ0n) is 11.3. The van der Waals surface area contributed by atoms with Crippen LogP contribution in [0, 0.1) is 10.1 Å². The number of para-hydroxylation sites is 1. The Hall–Kier alpha value is -1.68. The van der Waals surface area contributed by atoms with Gasteiger partial charge in [-0.15, -0.1) is 0 Å². The second kappa shape index (κ2) is 6.48. The zero-order chi connectivity index (χ0) is 13.7. The van der Waals surface area contributed by atoms with Crippen LogP contribution < -0.4 is 4.90 Å². The first-order chi connectivity index (χ1) is 9.18. The third-order valence-corrected chi connectivity index (χ3v) is 3.89. The summed E-state index contributed by atoms with van der Waals surface area (Å²) in [6.07, 6.45) is 7.86. The highest BCUT2D eigenvalue weighted by Gasteiger charge is 2.20. The van der Waals surface area contributed by atoms with Crippen LogP contribution in [0.15, 0.2) is 30.3 Å². The van der Waals surface area contributed by atoms with Gasteiger partial charge >= 0.3 is 0 Å². The van der Waals surface area contributed by atoms with Gasteiger partial charge in [0, 0.05) is 6.07 Å². The van der Waals surface area contributed by atoms with E-state index in [1.807, 2.05) is 12.1 Å². The standard InChI is InChI=1S/C15H20N2O2/c1-13-7-4-5-11-16(13)12-6-9-14-8-2-3-10-15(14)17(18)19/h2-3,6,8-10,13H,4-5,7,11-12H2,1H3/p+1/b9-6+/t13-/m0/s1. The molecular weight excluding hydrogens is 240 g/mol. The summed E-state index contributed by atoms with van der Waals surface area (Å²) < 4.78 is 0. The van der Waals surface area contributed by atoms with E-state index < -0.39 is 0 Å². The number of quaternary nitrogens is 1. The number of nitrogens with zero attached hydrogens (tertiary/aromatic N) is 1. The quantitative estimate of drug-likeness (QED) is 0.666. The maximum atomic E-state index is 10.9. The molecule has 1 aromatic carbocycles. The van der Waals surface area contributed by atoms with Gasteiger partial charge in [0.2, 0.25) is 0 Å². The summed E-state index contributed by atoms with van der Waals surface area (Å²) in [4.78, 5) is 12.2. The molecule has 1 aliphatic rings. The number of benzene rings is 1. The molecule has 1 heterocycles. The Morgan fingerprint density at radius 1 is 1.42 bits per heavy atom. The molecule has 1 N–H and O–H groups in total. The van der Waals surface area contributed by atoms with Crippen molar-refractivity contribution in [3.8, 4) is 0 Å². The van der Waals surface area contributed by atoms with Crippen molar-refractivity contribution in [1.82, 2.24) is 0 Å². The number of rotatable bonds is 4. The van der Waals surface area contributed by atoms with E-state index >= 15 is 0 Å². The van der Waals surface area contributed by atoms with Gasteiger partial charge in [-0.2, -0.15) is 0 Å². The average molecular weight is 261 g/mol. The lowest BCUT2D eigenvalue weighted by Crippen LogP contribution is -3.16. The lowest BCUT2D eigenvalue weighted by Gasteiger charge is -2.29. The molecule has 102 valence electrons. The third kappa shape index (κ3) is 3.64. The monoisotopic (exact) mass is 261 g/mol. The Kier molecular flexibility index (Phi) is 4.68. The maximum absolute atomic E-state index is 10.9. The van der Waals surface area contributed by atoms with Crippen LogP contribution in [0.4, 0.5) is 5.69 Å². The van der Waals surface area contributed by atoms with Crippen molar-refractivity contribution in [2.24, 2.45) is 0 Å². The van der Waals surface area contributed by atoms with Crippen LogP contribution in [0.5, 0.6) is 0 Å². The van der Waals surface area contributed by atoms with Gasteiger partial charge in [0.05, 0.1) is 29.6 Å². The van der Waals surface area contributed by atoms with Crippen LogP contribution in [-0.4, -0.2) is 24.1 Å². The molecule has 1 unspecified atom stereocenters. The van der Waals surface area contributed by atoms with Gasteiger partial charge in [0.15, 0.2) is 0 Å². The van der Waals surface area contributed by atoms with Gasteiger partial charge in [0.25, 0.3) is 5.69 Å². The molecule has 0 bridgehead atoms. The second-order valence-electron chi connectivity index (χ2n) is 5.23. The van der Waals surface area contributed by atoms with Gasteiger partial charge in [-0.1, -0.05) is 12.1 Å². The van der Waals surface area contributed by atoms with Crippen LogP contribution in [0.25, 0.3) is 6.08 Å². The highest BCUT2D eigenvalue weighted by molar-refractivity contribution is 5.60. The Morgan fingerprint density at radius 2 is 2.21 bits per heavy atom. The highest BCUT2D eigenvalue weighted by Crippen LogP contribution is 2.18. The topological polar surface area (TPSA) is 47.6 Å². The summed E-state index contributed by atoms with van der Waals surface area (Å²) >= 11 is 0. The van der Waals surface area contributed by atoms with E-state index in [4.69, 9.17) is 0 Å². The van der Waals surface area contributed by atoms with Gasteiger partial charge in [0.1, 0.15) is 0 Å². The van der Waals surface area contributed by atoms with Crippen LogP contribution >= 0.6 is 0 Å². The molecule has 19 heavy (non-hydrogen) atoms. The summed E-state index contributed by atoms with van der Waals surface area (Å²) in [6, 6.07) is 7.58. The molecule has 1 fully saturated rings. The van der Waals surface area contributed by atoms with Crippen LogP contribution in [0.2, 0.25) is 0 Å². The molecule has 0 aliphatic carbocycles. The number of nitrogens with one attached hydrogen (secondary N) is 1. The first-order valence-electron chi connectivity index (χ1n) is 6.93. The maximum Gasteiger partial charge on any atom is 0.276 e. The molecule has 4 heteroatoms. The molecule has 1 saturated heterocycles. The van der Waals surface area contributed by atoms with Crippen molar-refractivity contribution in [1.29, 1.82) is 0 Å². The summed E-state index contributed by atoms with van der Waals surface area (Å²) in [5, 5.41) is 10.9. The SMILES string of the molecule is C[C@H]1CCCC[NH+]1C/C=C/c1ccccc1[N+](=O)[O-]. The number of nitro groups is 1. The molecule has 1 aromatic rings. The molecule has 0 radical (unpaired) electrons. The third-order valence-electron chi connectivity index (χ3n) is 3.89. The van der Waals surface area contributed by atoms with Crippen molar-refractivity contribution in [3.05, 3.63) is 46.0 Å². The fraction of sp³-hybridized carbons (Fsp3) is 0.467. The van der Waals surface area contributed by atoms with E-state index in [9.17, 15) is 10.1 Å². The van der Waals surface area contributed by atoms with Gasteiger partial charge in [-0.25, -0.2) is 0 Å². The normalized spacial score (nSPS) is 23.6. The minimum absolute atomic E-state index is 0.181. The number of likely N-dealkylation sites (tertiary alicyclic amines) is 1. The lowest BCUT2D eigenvalue weighted by molar-refractivity contribution is -0.922. The van der Waals surface area contributed by atoms with E-state index in [1.165, 1.54) is 25.8 Å². The molecule has 0 saturated carbocycles. The largest absolute Gasteiger partial charge is 0.329 e. The van der Waals surface area contributed by atoms with Crippen molar-refractivity contribution in [3.63, 3.8) is 0 Å². The molecule has 2 rings (SSSR count). The Morgan fingerprint density at radius 3 is 2.95 bits per heavy atom. The lowest BCUT2D eigenvalue weighted by atomic mass is 10.0. The molecule has 4 nitrogen and oxygen atoms in total. The summed E-state index contributed by atoms with van der Waals surface area (Å²) in [5.74, 6) is 0. The van der Waals surface area contributed by atoms with Gasteiger partial charge in [-0.05, 0) is 44.4 Å². The molecule has 0 spiro atoms. The minimum atomic E-state index is -0.323. The predicted molar refractivity (Wildman–Crippen MR) is 76.1 cm³/mol. The first-order valence-corrected chi connectivity index (χ1v) is 6.93. The summed E-state index contributed by atoms with van der Waals surface area (Å²) in [7, 11) is 0. The smallest absolute Gasteiger partial charge is 0.276 e. The Balaban J connectivity index is 2.00. The average Bonchev–Trinajstić information content (AvgIpc) is 2.41. The molecule has 2 atom stereocenters. The van der Waals surface area contributed by atoms with E-state index in [2.05, 4.69) is 13.0 Å². The predicted octanol–water partition coefficient (Wildman–Crippen LogP) is 2.07. The summed E-state index contributed by atoms with van der Waals surface area (Å²) in [5.41, 5.74) is 0.872. The number of hydrogen-bond donors (Lipinski definition) is 1. The fourth-order valence-corrected chi connectivity index (χ4v) is 2.69. The van der Waals surface area contributed by atoms with Crippen LogP contribution in [0.3, 0.4) is 0 Å². The molecule has 0 amide bonds. The Labute approximate surface area is 113 Å². The van der Waals surface area contributed by atoms with Gasteiger partial charge in [-0.3, -0.25) is 10.1 Å². The minimum Gasteiger partial charge on any atom is -0.329 e. The van der Waals surface area contributed by atoms with Crippen molar-refractivity contribution >= 4 is 11.8 Å². The van der Waals surface area contributed by atoms with Gasteiger partial charge < -0.3 is 4.90 Å². The van der Waals surface area contributed by atoms with E-state index in [-0.39, 0.29) is 10.6 Å². The number of piperidine rings is 1. The zero-order valence-corrected chi connectivity index (χ0v) is 11.3. The molecule has 1 aliphatic heterocycles. The molecule has 0 aromatic heterocycles. The van der Waals surface area contributed by atoms with E-state index in [0.717, 1.165) is 6.54 Å². The van der Waals surface area contributed by atoms with E-state index in [1.54, 1.807) is 23.1 Å². The Bertz CT molecular complexity index is 471.